The Morgan fingerprint density at radius 2 is 2.14 bits per heavy atom. The highest BCUT2D eigenvalue weighted by molar-refractivity contribution is 9.10. The molecule has 0 N–H and O–H groups in total. The molecule has 5 nitrogen and oxygen atoms in total. The largest absolute Gasteiger partial charge is 0.493 e. The van der Waals surface area contributed by atoms with Crippen molar-refractivity contribution < 1.29 is 18.3 Å². The van der Waals surface area contributed by atoms with E-state index in [-0.39, 0.29) is 12.5 Å². The second-order valence-corrected chi connectivity index (χ2v) is 8.23. The third-order valence-corrected chi connectivity index (χ3v) is 5.62. The Hall–Kier alpha value is -2.32. The van der Waals surface area contributed by atoms with Crippen LogP contribution in [-0.4, -0.2) is 28.0 Å². The van der Waals surface area contributed by atoms with Gasteiger partial charge >= 0.3 is 0 Å². The summed E-state index contributed by atoms with van der Waals surface area (Å²) >= 11 is 3.44. The van der Waals surface area contributed by atoms with Crippen LogP contribution in [0.5, 0.6) is 5.75 Å². The zero-order chi connectivity index (χ0) is 20.4. The fourth-order valence-corrected chi connectivity index (χ4v) is 4.24. The van der Waals surface area contributed by atoms with Gasteiger partial charge in [-0.25, -0.2) is 18.4 Å². The maximum atomic E-state index is 14.6. The van der Waals surface area contributed by atoms with Crippen LogP contribution in [0.2, 0.25) is 0 Å². The van der Waals surface area contributed by atoms with E-state index in [1.807, 2.05) is 25.1 Å². The number of ether oxygens (including phenoxy) is 2. The van der Waals surface area contributed by atoms with Crippen LogP contribution in [0, 0.1) is 24.5 Å². The summed E-state index contributed by atoms with van der Waals surface area (Å²) in [7, 11) is 0. The molecular formula is C21H20BrF2N3O2. The molecule has 1 saturated heterocycles. The summed E-state index contributed by atoms with van der Waals surface area (Å²) in [5.41, 5.74) is 0.377. The van der Waals surface area contributed by atoms with Gasteiger partial charge in [0, 0.05) is 22.0 Å². The Bertz CT molecular complexity index is 1000. The first-order chi connectivity index (χ1) is 13.9. The van der Waals surface area contributed by atoms with Crippen molar-refractivity contribution in [2.24, 2.45) is 5.92 Å². The fourth-order valence-electron chi connectivity index (χ4n) is 3.77. The van der Waals surface area contributed by atoms with Crippen LogP contribution in [0.1, 0.15) is 17.5 Å². The number of aryl methyl sites for hydroxylation is 1. The highest BCUT2D eigenvalue weighted by Crippen LogP contribution is 2.42. The van der Waals surface area contributed by atoms with Crippen LogP contribution in [0.4, 0.5) is 8.78 Å². The SMILES string of the molecule is Cc1cc(Br)ccc1OC[C@@H]1CO[C@@](Cn2cncn2)(c2ccc(F)cc2F)C1. The number of nitrogens with zero attached hydrogens (tertiary/aromatic N) is 3. The molecule has 1 aromatic heterocycles. The van der Waals surface area contributed by atoms with Gasteiger partial charge in [0.25, 0.3) is 0 Å². The molecule has 8 heteroatoms. The first-order valence-electron chi connectivity index (χ1n) is 9.26. The maximum absolute atomic E-state index is 14.6. The lowest BCUT2D eigenvalue weighted by Crippen LogP contribution is -2.32. The van der Waals surface area contributed by atoms with Crippen molar-refractivity contribution in [3.05, 3.63) is 76.3 Å². The Labute approximate surface area is 175 Å². The molecule has 29 heavy (non-hydrogen) atoms. The van der Waals surface area contributed by atoms with E-state index >= 15 is 0 Å². The predicted octanol–water partition coefficient (Wildman–Crippen LogP) is 4.64. The number of benzene rings is 2. The fraction of sp³-hybridized carbons (Fsp3) is 0.333. The molecule has 0 aliphatic carbocycles. The maximum Gasteiger partial charge on any atom is 0.137 e. The lowest BCUT2D eigenvalue weighted by Gasteiger charge is -2.29. The van der Waals surface area contributed by atoms with Crippen molar-refractivity contribution in [1.29, 1.82) is 0 Å². The minimum atomic E-state index is -0.964. The van der Waals surface area contributed by atoms with Crippen molar-refractivity contribution in [3.63, 3.8) is 0 Å². The van der Waals surface area contributed by atoms with Gasteiger partial charge in [0.05, 0.1) is 19.8 Å². The second kappa shape index (κ2) is 8.20. The molecule has 1 fully saturated rings. The van der Waals surface area contributed by atoms with Crippen LogP contribution in [0.15, 0.2) is 53.5 Å². The van der Waals surface area contributed by atoms with E-state index in [0.717, 1.165) is 21.9 Å². The third-order valence-electron chi connectivity index (χ3n) is 5.13. The van der Waals surface area contributed by atoms with Crippen molar-refractivity contribution in [3.8, 4) is 5.75 Å². The van der Waals surface area contributed by atoms with E-state index in [9.17, 15) is 8.78 Å². The molecule has 1 aliphatic rings. The quantitative estimate of drug-likeness (QED) is 0.534. The summed E-state index contributed by atoms with van der Waals surface area (Å²) in [6, 6.07) is 9.41. The molecule has 1 aliphatic heterocycles. The van der Waals surface area contributed by atoms with Gasteiger partial charge in [0.1, 0.15) is 35.6 Å². The second-order valence-electron chi connectivity index (χ2n) is 7.31. The topological polar surface area (TPSA) is 49.2 Å². The Morgan fingerprint density at radius 3 is 2.86 bits per heavy atom. The van der Waals surface area contributed by atoms with Crippen LogP contribution in [-0.2, 0) is 16.9 Å². The molecular weight excluding hydrogens is 444 g/mol. The lowest BCUT2D eigenvalue weighted by molar-refractivity contribution is -0.0206. The first kappa shape index (κ1) is 20.0. The highest BCUT2D eigenvalue weighted by atomic mass is 79.9. The molecule has 2 aromatic carbocycles. The Kier molecular flexibility index (Phi) is 5.65. The molecule has 0 bridgehead atoms. The normalized spacial score (nSPS) is 21.4. The van der Waals surface area contributed by atoms with E-state index in [1.165, 1.54) is 18.5 Å². The predicted molar refractivity (Wildman–Crippen MR) is 106 cm³/mol. The molecule has 4 rings (SSSR count). The number of halogens is 3. The van der Waals surface area contributed by atoms with E-state index in [1.54, 1.807) is 11.0 Å². The van der Waals surface area contributed by atoms with E-state index in [0.29, 0.717) is 25.2 Å². The number of aromatic nitrogens is 3. The average Bonchev–Trinajstić information content (AvgIpc) is 3.32. The molecule has 0 saturated carbocycles. The van der Waals surface area contributed by atoms with Gasteiger partial charge in [-0.15, -0.1) is 0 Å². The van der Waals surface area contributed by atoms with Gasteiger partial charge in [-0.2, -0.15) is 5.10 Å². The minimum absolute atomic E-state index is 0.0472. The van der Waals surface area contributed by atoms with Crippen LogP contribution < -0.4 is 4.74 Å². The first-order valence-corrected chi connectivity index (χ1v) is 10.1. The molecule has 2 heterocycles. The Balaban J connectivity index is 1.55. The van der Waals surface area contributed by atoms with Gasteiger partial charge in [-0.3, -0.25) is 0 Å². The average molecular weight is 464 g/mol. The summed E-state index contributed by atoms with van der Waals surface area (Å²) in [6.07, 6.45) is 3.49. The van der Waals surface area contributed by atoms with E-state index < -0.39 is 17.2 Å². The minimum Gasteiger partial charge on any atom is -0.493 e. The van der Waals surface area contributed by atoms with Gasteiger partial charge in [0.15, 0.2) is 0 Å². The summed E-state index contributed by atoms with van der Waals surface area (Å²) in [5, 5.41) is 4.13. The zero-order valence-corrected chi connectivity index (χ0v) is 17.4. The highest BCUT2D eigenvalue weighted by Gasteiger charge is 2.44. The molecule has 3 aromatic rings. The van der Waals surface area contributed by atoms with Gasteiger partial charge in [0.2, 0.25) is 0 Å². The lowest BCUT2D eigenvalue weighted by atomic mass is 9.87. The number of hydrogen-bond acceptors (Lipinski definition) is 4. The van der Waals surface area contributed by atoms with E-state index in [2.05, 4.69) is 26.0 Å². The molecule has 0 unspecified atom stereocenters. The number of hydrogen-bond donors (Lipinski definition) is 0. The monoisotopic (exact) mass is 463 g/mol. The summed E-state index contributed by atoms with van der Waals surface area (Å²) in [6.45, 7) is 3.10. The molecule has 0 amide bonds. The smallest absolute Gasteiger partial charge is 0.137 e. The summed E-state index contributed by atoms with van der Waals surface area (Å²) < 4.78 is 42.8. The van der Waals surface area contributed by atoms with Crippen LogP contribution in [0.3, 0.4) is 0 Å². The van der Waals surface area contributed by atoms with Crippen molar-refractivity contribution >= 4 is 15.9 Å². The standard InChI is InChI=1S/C21H20BrF2N3O2/c1-14-6-16(22)2-5-20(14)28-9-15-8-21(29-10-15,11-27-13-25-12-26-27)18-4-3-17(23)7-19(18)24/h2-7,12-13,15H,8-11H2,1H3/t15-,21+/m1/s1. The van der Waals surface area contributed by atoms with Crippen molar-refractivity contribution in [2.45, 2.75) is 25.5 Å². The zero-order valence-electron chi connectivity index (χ0n) is 15.8. The summed E-state index contributed by atoms with van der Waals surface area (Å²) in [5.74, 6) is -0.401. The van der Waals surface area contributed by atoms with Crippen molar-refractivity contribution in [2.75, 3.05) is 13.2 Å². The molecule has 2 atom stereocenters. The summed E-state index contributed by atoms with van der Waals surface area (Å²) in [4.78, 5) is 3.95. The third kappa shape index (κ3) is 4.33. The Morgan fingerprint density at radius 1 is 1.28 bits per heavy atom. The van der Waals surface area contributed by atoms with Gasteiger partial charge < -0.3 is 9.47 Å². The number of rotatable bonds is 6. The van der Waals surface area contributed by atoms with E-state index in [4.69, 9.17) is 9.47 Å². The van der Waals surface area contributed by atoms with Crippen LogP contribution in [0.25, 0.3) is 0 Å². The van der Waals surface area contributed by atoms with Gasteiger partial charge in [-0.1, -0.05) is 22.0 Å². The van der Waals surface area contributed by atoms with Crippen molar-refractivity contribution in [1.82, 2.24) is 14.8 Å². The van der Waals surface area contributed by atoms with Gasteiger partial charge in [-0.05, 0) is 43.2 Å². The molecule has 0 radical (unpaired) electrons. The molecule has 0 spiro atoms. The molecule has 152 valence electrons. The van der Waals surface area contributed by atoms with Crippen LogP contribution >= 0.6 is 15.9 Å².